The maximum absolute atomic E-state index is 14.5. The highest BCUT2D eigenvalue weighted by atomic mass is 32.2. The number of nitrogens with zero attached hydrogens (tertiary/aromatic N) is 4. The van der Waals surface area contributed by atoms with E-state index in [-0.39, 0.29) is 28.5 Å². The van der Waals surface area contributed by atoms with Crippen LogP contribution in [0.4, 0.5) is 13.2 Å². The van der Waals surface area contributed by atoms with Crippen LogP contribution in [0.15, 0.2) is 52.3 Å². The van der Waals surface area contributed by atoms with Gasteiger partial charge in [0.15, 0.2) is 0 Å². The maximum Gasteiger partial charge on any atom is 0.374 e. The van der Waals surface area contributed by atoms with Crippen molar-refractivity contribution in [1.29, 1.82) is 0 Å². The van der Waals surface area contributed by atoms with Crippen molar-refractivity contribution in [1.82, 2.24) is 19.7 Å². The van der Waals surface area contributed by atoms with Crippen molar-refractivity contribution in [3.63, 3.8) is 0 Å². The number of aromatic nitrogens is 4. The number of hydrogen-bond acceptors (Lipinski definition) is 6. The summed E-state index contributed by atoms with van der Waals surface area (Å²) >= 11 is 0.219. The summed E-state index contributed by atoms with van der Waals surface area (Å²) in [4.78, 5) is 4.18. The molecule has 0 radical (unpaired) electrons. The predicted molar refractivity (Wildman–Crippen MR) is 89.5 cm³/mol. The molecule has 10 heteroatoms. The first-order valence-corrected chi connectivity index (χ1v) is 9.06. The minimum atomic E-state index is -3.44. The number of rotatable bonds is 6. The summed E-state index contributed by atoms with van der Waals surface area (Å²) in [7, 11) is 0. The zero-order chi connectivity index (χ0) is 18.9. The third-order valence-electron chi connectivity index (χ3n) is 4.21. The van der Waals surface area contributed by atoms with E-state index in [0.717, 1.165) is 18.6 Å². The van der Waals surface area contributed by atoms with E-state index in [1.54, 1.807) is 12.5 Å². The topological polar surface area (TPSA) is 66.0 Å². The van der Waals surface area contributed by atoms with Crippen LogP contribution >= 0.6 is 11.8 Å². The number of hydrogen-bond donors (Lipinski definition) is 0. The molecule has 1 aromatic carbocycles. The van der Waals surface area contributed by atoms with Gasteiger partial charge in [-0.15, -0.1) is 10.2 Å². The quantitative estimate of drug-likeness (QED) is 0.587. The number of ether oxygens (including phenoxy) is 1. The Morgan fingerprint density at radius 2 is 2.04 bits per heavy atom. The minimum Gasteiger partial charge on any atom is -0.416 e. The fourth-order valence-corrected chi connectivity index (χ4v) is 3.66. The van der Waals surface area contributed by atoms with Gasteiger partial charge in [0, 0.05) is 36.4 Å². The van der Waals surface area contributed by atoms with Gasteiger partial charge in [0.25, 0.3) is 5.89 Å². The highest BCUT2D eigenvalue weighted by Crippen LogP contribution is 2.44. The van der Waals surface area contributed by atoms with Crippen LogP contribution in [-0.2, 0) is 16.5 Å². The second kappa shape index (κ2) is 7.35. The molecule has 0 spiro atoms. The highest BCUT2D eigenvalue weighted by molar-refractivity contribution is 7.99. The Labute approximate surface area is 156 Å². The lowest BCUT2D eigenvalue weighted by Crippen LogP contribution is -2.14. The summed E-state index contributed by atoms with van der Waals surface area (Å²) in [5.41, 5.74) is 0. The van der Waals surface area contributed by atoms with Crippen LogP contribution in [-0.4, -0.2) is 26.4 Å². The van der Waals surface area contributed by atoms with Gasteiger partial charge in [0.2, 0.25) is 5.89 Å². The molecule has 0 unspecified atom stereocenters. The monoisotopic (exact) mass is 396 g/mol. The smallest absolute Gasteiger partial charge is 0.374 e. The molecular weight excluding hydrogens is 381 g/mol. The normalized spacial score (nSPS) is 20.3. The summed E-state index contributed by atoms with van der Waals surface area (Å²) < 4.78 is 54.6. The second-order valence-electron chi connectivity index (χ2n) is 6.12. The van der Waals surface area contributed by atoms with Gasteiger partial charge in [-0.05, 0) is 42.4 Å². The molecule has 1 fully saturated rings. The van der Waals surface area contributed by atoms with Gasteiger partial charge in [0.1, 0.15) is 11.9 Å². The van der Waals surface area contributed by atoms with Crippen molar-refractivity contribution in [3.05, 3.63) is 60.6 Å². The van der Waals surface area contributed by atoms with Crippen LogP contribution in [0.5, 0.6) is 0 Å². The number of benzene rings is 1. The lowest BCUT2D eigenvalue weighted by atomic mass is 10.0. The van der Waals surface area contributed by atoms with Crippen molar-refractivity contribution >= 4 is 11.8 Å². The van der Waals surface area contributed by atoms with Crippen LogP contribution in [0.3, 0.4) is 0 Å². The SMILES string of the molecule is Fc1ccc(SC(F)(F)c2nnc([C@@H]3OCC[C@@H]3Cn3ccnc3)o2)cc1. The van der Waals surface area contributed by atoms with E-state index in [2.05, 4.69) is 15.2 Å². The van der Waals surface area contributed by atoms with Crippen LogP contribution < -0.4 is 0 Å². The Bertz CT molecular complexity index is 886. The minimum absolute atomic E-state index is 0.0193. The predicted octanol–water partition coefficient (Wildman–Crippen LogP) is 4.02. The molecule has 142 valence electrons. The van der Waals surface area contributed by atoms with Crippen LogP contribution in [0, 0.1) is 11.7 Å². The average Bonchev–Trinajstić information content (AvgIpc) is 3.38. The molecule has 27 heavy (non-hydrogen) atoms. The van der Waals surface area contributed by atoms with Crippen molar-refractivity contribution in [2.45, 2.75) is 29.2 Å². The Morgan fingerprint density at radius 3 is 2.78 bits per heavy atom. The maximum atomic E-state index is 14.5. The molecule has 4 rings (SSSR count). The molecule has 0 aliphatic carbocycles. The molecule has 2 aromatic heterocycles. The van der Waals surface area contributed by atoms with Gasteiger partial charge in [-0.3, -0.25) is 0 Å². The summed E-state index contributed by atoms with van der Waals surface area (Å²) in [6, 6.07) is 4.77. The van der Waals surface area contributed by atoms with Gasteiger partial charge in [-0.25, -0.2) is 9.37 Å². The molecule has 1 saturated heterocycles. The van der Waals surface area contributed by atoms with Crippen molar-refractivity contribution < 1.29 is 22.3 Å². The van der Waals surface area contributed by atoms with E-state index in [9.17, 15) is 13.2 Å². The lowest BCUT2D eigenvalue weighted by Gasteiger charge is -2.15. The standard InChI is InChI=1S/C17H15F3N4O2S/c18-12-1-3-13(4-2-12)27-17(19,20)16-23-22-15(26-16)14-11(5-8-25-14)9-24-7-6-21-10-24/h1-4,6-7,10-11,14H,5,8-9H2/t11-,14-/m1/s1. The summed E-state index contributed by atoms with van der Waals surface area (Å²) in [5.74, 6) is -1.24. The molecule has 0 saturated carbocycles. The zero-order valence-electron chi connectivity index (χ0n) is 14.0. The molecule has 6 nitrogen and oxygen atoms in total. The average molecular weight is 396 g/mol. The highest BCUT2D eigenvalue weighted by Gasteiger charge is 2.42. The van der Waals surface area contributed by atoms with Crippen molar-refractivity contribution in [3.8, 4) is 0 Å². The molecule has 0 amide bonds. The number of halogens is 3. The van der Waals surface area contributed by atoms with Crippen LogP contribution in [0.25, 0.3) is 0 Å². The zero-order valence-corrected chi connectivity index (χ0v) is 14.8. The van der Waals surface area contributed by atoms with Gasteiger partial charge < -0.3 is 13.7 Å². The Balaban J connectivity index is 1.49. The molecule has 3 aromatic rings. The van der Waals surface area contributed by atoms with E-state index in [1.165, 1.54) is 12.1 Å². The first-order chi connectivity index (χ1) is 13.0. The third kappa shape index (κ3) is 4.01. The van der Waals surface area contributed by atoms with Gasteiger partial charge in [-0.2, -0.15) is 8.78 Å². The third-order valence-corrected chi connectivity index (χ3v) is 5.15. The number of imidazole rings is 1. The van der Waals surface area contributed by atoms with Crippen molar-refractivity contribution in [2.75, 3.05) is 6.61 Å². The molecule has 1 aliphatic heterocycles. The van der Waals surface area contributed by atoms with Gasteiger partial charge in [0.05, 0.1) is 6.33 Å². The Morgan fingerprint density at radius 1 is 1.22 bits per heavy atom. The molecule has 2 atom stereocenters. The van der Waals surface area contributed by atoms with Crippen LogP contribution in [0.2, 0.25) is 0 Å². The summed E-state index contributed by atoms with van der Waals surface area (Å²) in [6.45, 7) is 1.10. The summed E-state index contributed by atoms with van der Waals surface area (Å²) in [6.07, 6.45) is 5.38. The number of thioether (sulfide) groups is 1. The summed E-state index contributed by atoms with van der Waals surface area (Å²) in [5, 5.41) is 3.85. The lowest BCUT2D eigenvalue weighted by molar-refractivity contribution is 0.0447. The van der Waals surface area contributed by atoms with E-state index < -0.39 is 23.1 Å². The van der Waals surface area contributed by atoms with Crippen LogP contribution in [0.1, 0.15) is 24.3 Å². The van der Waals surface area contributed by atoms with E-state index in [1.807, 2.05) is 10.8 Å². The molecule has 1 aliphatic rings. The van der Waals surface area contributed by atoms with E-state index >= 15 is 0 Å². The van der Waals surface area contributed by atoms with E-state index in [4.69, 9.17) is 9.15 Å². The molecular formula is C17H15F3N4O2S. The van der Waals surface area contributed by atoms with Gasteiger partial charge in [-0.1, -0.05) is 0 Å². The molecule has 3 heterocycles. The Kier molecular flexibility index (Phi) is 4.92. The molecule has 0 bridgehead atoms. The molecule has 0 N–H and O–H groups in total. The van der Waals surface area contributed by atoms with E-state index in [0.29, 0.717) is 13.2 Å². The van der Waals surface area contributed by atoms with Crippen molar-refractivity contribution in [2.24, 2.45) is 5.92 Å². The van der Waals surface area contributed by atoms with Gasteiger partial charge >= 0.3 is 5.25 Å². The fourth-order valence-electron chi connectivity index (χ4n) is 2.92. The first kappa shape index (κ1) is 18.1. The first-order valence-electron chi connectivity index (χ1n) is 8.25. The fraction of sp³-hybridized carbons (Fsp3) is 0.353. The Hall–Kier alpha value is -2.33. The number of alkyl halides is 2. The largest absolute Gasteiger partial charge is 0.416 e. The second-order valence-corrected chi connectivity index (χ2v) is 7.31.